The third kappa shape index (κ3) is 6.49. The summed E-state index contributed by atoms with van der Waals surface area (Å²) in [5.41, 5.74) is 4.51. The number of benzene rings is 3. The van der Waals surface area contributed by atoms with E-state index < -0.39 is 6.03 Å². The molecule has 2 amide bonds. The van der Waals surface area contributed by atoms with Crippen molar-refractivity contribution in [3.8, 4) is 5.69 Å². The number of halogens is 3. The molecule has 180 valence electrons. The molecule has 4 rings (SSSR count). The quantitative estimate of drug-likeness (QED) is 0.236. The minimum absolute atomic E-state index is 0.117. The van der Waals surface area contributed by atoms with Crippen molar-refractivity contribution in [1.82, 2.24) is 20.1 Å². The molecule has 0 radical (unpaired) electrons. The fourth-order valence-corrected chi connectivity index (χ4v) is 4.82. The van der Waals surface area contributed by atoms with Crippen LogP contribution in [-0.2, 0) is 12.3 Å². The fraction of sp³-hybridized carbons (Fsp3) is 0.160. The summed E-state index contributed by atoms with van der Waals surface area (Å²) in [5, 5.41) is 16.5. The van der Waals surface area contributed by atoms with Gasteiger partial charge in [0.2, 0.25) is 0 Å². The standard InChI is InChI=1S/C25H22Cl3N5OS/c1-15-4-3-5-17(10-15)14-35-25-32-31-23(33(25)22-11-18(26)7-9-20(22)27)13-29-24(34)30-19-8-6-16(2)21(28)12-19/h3-12H,13-14H2,1-2H3,(H2,29,30,34). The first-order chi connectivity index (χ1) is 16.8. The van der Waals surface area contributed by atoms with Gasteiger partial charge in [0.1, 0.15) is 0 Å². The molecule has 0 fully saturated rings. The maximum Gasteiger partial charge on any atom is 0.319 e. The van der Waals surface area contributed by atoms with E-state index in [0.717, 1.165) is 11.1 Å². The zero-order chi connectivity index (χ0) is 24.9. The van der Waals surface area contributed by atoms with E-state index in [9.17, 15) is 4.79 Å². The molecule has 1 heterocycles. The maximum absolute atomic E-state index is 12.5. The van der Waals surface area contributed by atoms with E-state index in [2.05, 4.69) is 46.0 Å². The van der Waals surface area contributed by atoms with Crippen LogP contribution in [0.3, 0.4) is 0 Å². The molecule has 4 aromatic rings. The number of urea groups is 1. The number of hydrogen-bond acceptors (Lipinski definition) is 4. The van der Waals surface area contributed by atoms with Crippen LogP contribution in [0.5, 0.6) is 0 Å². The third-order valence-electron chi connectivity index (χ3n) is 5.14. The average molecular weight is 547 g/mol. The summed E-state index contributed by atoms with van der Waals surface area (Å²) >= 11 is 20.4. The Kier molecular flexibility index (Phi) is 8.23. The molecule has 3 aromatic carbocycles. The Balaban J connectivity index is 1.55. The molecule has 6 nitrogen and oxygen atoms in total. The Labute approximate surface area is 223 Å². The van der Waals surface area contributed by atoms with E-state index in [0.29, 0.717) is 43.2 Å². The summed E-state index contributed by atoms with van der Waals surface area (Å²) in [5.74, 6) is 1.21. The molecule has 0 unspecified atom stereocenters. The van der Waals surface area contributed by atoms with Crippen LogP contribution in [0.4, 0.5) is 10.5 Å². The average Bonchev–Trinajstić information content (AvgIpc) is 3.23. The topological polar surface area (TPSA) is 71.8 Å². The summed E-state index contributed by atoms with van der Waals surface area (Å²) in [6.07, 6.45) is 0. The van der Waals surface area contributed by atoms with E-state index in [1.807, 2.05) is 23.6 Å². The molecule has 0 aliphatic carbocycles. The maximum atomic E-state index is 12.5. The lowest BCUT2D eigenvalue weighted by Gasteiger charge is -2.13. The number of aromatic nitrogens is 3. The molecular weight excluding hydrogens is 525 g/mol. The highest BCUT2D eigenvalue weighted by Crippen LogP contribution is 2.31. The first kappa shape index (κ1) is 25.4. The van der Waals surface area contributed by atoms with Crippen molar-refractivity contribution in [2.45, 2.75) is 31.3 Å². The normalized spacial score (nSPS) is 10.9. The summed E-state index contributed by atoms with van der Waals surface area (Å²) in [6.45, 7) is 4.07. The first-order valence-corrected chi connectivity index (χ1v) is 12.8. The lowest BCUT2D eigenvalue weighted by molar-refractivity contribution is 0.251. The lowest BCUT2D eigenvalue weighted by atomic mass is 10.2. The Morgan fingerprint density at radius 1 is 0.971 bits per heavy atom. The number of nitrogens with zero attached hydrogens (tertiary/aromatic N) is 3. The van der Waals surface area contributed by atoms with Gasteiger partial charge in [0.05, 0.1) is 17.3 Å². The molecule has 35 heavy (non-hydrogen) atoms. The minimum atomic E-state index is -0.398. The molecule has 0 aliphatic heterocycles. The molecule has 10 heteroatoms. The predicted octanol–water partition coefficient (Wildman–Crippen LogP) is 7.46. The van der Waals surface area contributed by atoms with Crippen molar-refractivity contribution in [3.05, 3.63) is 98.2 Å². The van der Waals surface area contributed by atoms with E-state index >= 15 is 0 Å². The second kappa shape index (κ2) is 11.4. The van der Waals surface area contributed by atoms with Crippen LogP contribution in [0, 0.1) is 13.8 Å². The van der Waals surface area contributed by atoms with Gasteiger partial charge in [-0.15, -0.1) is 10.2 Å². The summed E-state index contributed by atoms with van der Waals surface area (Å²) < 4.78 is 1.82. The van der Waals surface area contributed by atoms with Crippen LogP contribution in [0.15, 0.2) is 65.8 Å². The number of thioether (sulfide) groups is 1. The number of carbonyl (C=O) groups is 1. The first-order valence-electron chi connectivity index (χ1n) is 10.7. The van der Waals surface area contributed by atoms with Gasteiger partial charge in [-0.05, 0) is 55.3 Å². The van der Waals surface area contributed by atoms with E-state index in [1.54, 1.807) is 30.3 Å². The number of amides is 2. The molecular formula is C25H22Cl3N5OS. The van der Waals surface area contributed by atoms with Crippen LogP contribution >= 0.6 is 46.6 Å². The van der Waals surface area contributed by atoms with Gasteiger partial charge in [-0.25, -0.2) is 4.79 Å². The largest absolute Gasteiger partial charge is 0.331 e. The van der Waals surface area contributed by atoms with E-state index in [4.69, 9.17) is 34.8 Å². The number of aryl methyl sites for hydroxylation is 2. The van der Waals surface area contributed by atoms with Gasteiger partial charge in [-0.2, -0.15) is 0 Å². The Morgan fingerprint density at radius 3 is 2.57 bits per heavy atom. The highest BCUT2D eigenvalue weighted by Gasteiger charge is 2.18. The highest BCUT2D eigenvalue weighted by atomic mass is 35.5. The van der Waals surface area contributed by atoms with Gasteiger partial charge in [0, 0.05) is 21.5 Å². The van der Waals surface area contributed by atoms with Crippen LogP contribution in [-0.4, -0.2) is 20.8 Å². The number of carbonyl (C=O) groups excluding carboxylic acids is 1. The van der Waals surface area contributed by atoms with Gasteiger partial charge < -0.3 is 10.6 Å². The van der Waals surface area contributed by atoms with Crippen molar-refractivity contribution in [3.63, 3.8) is 0 Å². The van der Waals surface area contributed by atoms with Gasteiger partial charge in [0.15, 0.2) is 11.0 Å². The van der Waals surface area contributed by atoms with E-state index in [1.165, 1.54) is 17.3 Å². The summed E-state index contributed by atoms with van der Waals surface area (Å²) in [4.78, 5) is 12.5. The van der Waals surface area contributed by atoms with Gasteiger partial charge >= 0.3 is 6.03 Å². The minimum Gasteiger partial charge on any atom is -0.331 e. The summed E-state index contributed by atoms with van der Waals surface area (Å²) in [6, 6.07) is 18.4. The van der Waals surface area contributed by atoms with Crippen LogP contribution < -0.4 is 10.6 Å². The highest BCUT2D eigenvalue weighted by molar-refractivity contribution is 7.98. The van der Waals surface area contributed by atoms with E-state index in [-0.39, 0.29) is 6.54 Å². The van der Waals surface area contributed by atoms with Crippen LogP contribution in [0.1, 0.15) is 22.5 Å². The Bertz CT molecular complexity index is 1380. The van der Waals surface area contributed by atoms with Crippen molar-refractivity contribution in [2.75, 3.05) is 5.32 Å². The smallest absolute Gasteiger partial charge is 0.319 e. The van der Waals surface area contributed by atoms with Gasteiger partial charge in [0.25, 0.3) is 0 Å². The van der Waals surface area contributed by atoms with Crippen molar-refractivity contribution in [2.24, 2.45) is 0 Å². The zero-order valence-electron chi connectivity index (χ0n) is 19.0. The fourth-order valence-electron chi connectivity index (χ4n) is 3.36. The predicted molar refractivity (Wildman–Crippen MR) is 144 cm³/mol. The molecule has 0 aliphatic rings. The number of anilines is 1. The Hall–Kier alpha value is -2.71. The SMILES string of the molecule is Cc1cccc(CSc2nnc(CNC(=O)Nc3ccc(C)c(Cl)c3)n2-c2cc(Cl)ccc2Cl)c1. The number of rotatable bonds is 7. The van der Waals surface area contributed by atoms with Crippen LogP contribution in [0.2, 0.25) is 15.1 Å². The molecule has 0 spiro atoms. The second-order valence-corrected chi connectivity index (χ2v) is 10.1. The monoisotopic (exact) mass is 545 g/mol. The number of nitrogens with one attached hydrogen (secondary N) is 2. The number of hydrogen-bond donors (Lipinski definition) is 2. The molecule has 2 N–H and O–H groups in total. The zero-order valence-corrected chi connectivity index (χ0v) is 22.1. The van der Waals surface area contributed by atoms with Crippen molar-refractivity contribution < 1.29 is 4.79 Å². The van der Waals surface area contributed by atoms with Crippen molar-refractivity contribution >= 4 is 58.3 Å². The lowest BCUT2D eigenvalue weighted by Crippen LogP contribution is -2.29. The second-order valence-electron chi connectivity index (χ2n) is 7.88. The molecule has 0 saturated carbocycles. The summed E-state index contributed by atoms with van der Waals surface area (Å²) in [7, 11) is 0. The molecule has 0 saturated heterocycles. The molecule has 0 atom stereocenters. The molecule has 1 aromatic heterocycles. The van der Waals surface area contributed by atoms with Crippen molar-refractivity contribution in [1.29, 1.82) is 0 Å². The Morgan fingerprint density at radius 2 is 1.80 bits per heavy atom. The third-order valence-corrected chi connectivity index (χ3v) is 7.10. The molecule has 0 bridgehead atoms. The van der Waals surface area contributed by atoms with Crippen LogP contribution in [0.25, 0.3) is 5.69 Å². The van der Waals surface area contributed by atoms with Gasteiger partial charge in [-0.3, -0.25) is 4.57 Å². The van der Waals surface area contributed by atoms with Gasteiger partial charge in [-0.1, -0.05) is 82.5 Å².